The van der Waals surface area contributed by atoms with E-state index in [1.807, 2.05) is 24.3 Å². The zero-order valence-corrected chi connectivity index (χ0v) is 11.9. The van der Waals surface area contributed by atoms with Gasteiger partial charge in [-0.05, 0) is 17.7 Å². The summed E-state index contributed by atoms with van der Waals surface area (Å²) < 4.78 is 19.1. The lowest BCUT2D eigenvalue weighted by Gasteiger charge is -2.06. The molecule has 4 heterocycles. The maximum absolute atomic E-state index is 12.6. The van der Waals surface area contributed by atoms with E-state index < -0.39 is 0 Å². The Morgan fingerprint density at radius 2 is 2.00 bits per heavy atom. The van der Waals surface area contributed by atoms with Gasteiger partial charge in [0.2, 0.25) is 6.79 Å². The lowest BCUT2D eigenvalue weighted by molar-refractivity contribution is 0.174. The summed E-state index contributed by atoms with van der Waals surface area (Å²) in [5, 5.41) is 4.25. The normalized spacial score (nSPS) is 13.2. The highest BCUT2D eigenvalue weighted by molar-refractivity contribution is 5.81. The fourth-order valence-corrected chi connectivity index (χ4v) is 2.86. The van der Waals surface area contributed by atoms with Crippen molar-refractivity contribution < 1.29 is 13.9 Å². The minimum absolute atomic E-state index is 0.170. The smallest absolute Gasteiger partial charge is 0.291 e. The maximum atomic E-state index is 12.6. The molecule has 7 heteroatoms. The third-order valence-electron chi connectivity index (χ3n) is 3.99. The topological polar surface area (TPSA) is 70.9 Å². The van der Waals surface area contributed by atoms with Crippen LogP contribution < -0.4 is 15.0 Å². The van der Waals surface area contributed by atoms with Gasteiger partial charge in [-0.3, -0.25) is 9.20 Å². The molecule has 23 heavy (non-hydrogen) atoms. The monoisotopic (exact) mass is 309 g/mol. The van der Waals surface area contributed by atoms with Gasteiger partial charge in [0.15, 0.2) is 17.1 Å². The van der Waals surface area contributed by atoms with Crippen LogP contribution in [0, 0.1) is 0 Å². The van der Waals surface area contributed by atoms with Crippen LogP contribution in [0.1, 0.15) is 5.56 Å². The third kappa shape index (κ3) is 1.76. The summed E-state index contributed by atoms with van der Waals surface area (Å²) in [6, 6.07) is 9.15. The van der Waals surface area contributed by atoms with Crippen molar-refractivity contribution in [1.82, 2.24) is 14.2 Å². The van der Waals surface area contributed by atoms with E-state index >= 15 is 0 Å². The van der Waals surface area contributed by atoms with Crippen molar-refractivity contribution in [3.63, 3.8) is 0 Å². The van der Waals surface area contributed by atoms with E-state index in [0.717, 1.165) is 16.8 Å². The molecule has 0 saturated heterocycles. The summed E-state index contributed by atoms with van der Waals surface area (Å²) >= 11 is 0. The number of fused-ring (bicyclic) bond motifs is 4. The van der Waals surface area contributed by atoms with Gasteiger partial charge in [-0.2, -0.15) is 5.10 Å². The van der Waals surface area contributed by atoms with Crippen LogP contribution in [-0.2, 0) is 6.54 Å². The molecule has 7 nitrogen and oxygen atoms in total. The lowest BCUT2D eigenvalue weighted by Crippen LogP contribution is -2.24. The molecule has 0 N–H and O–H groups in total. The molecule has 3 aromatic heterocycles. The standard InChI is InChI=1S/C16H11N3O4/c20-16-12-6-14-11(3-4-21-14)18(12)8-17-19(16)7-10-1-2-13-15(5-10)23-9-22-13/h1-6,8H,7,9H2. The molecule has 0 spiro atoms. The van der Waals surface area contributed by atoms with Gasteiger partial charge in [0.05, 0.1) is 18.3 Å². The van der Waals surface area contributed by atoms with Crippen molar-refractivity contribution in [3.8, 4) is 11.5 Å². The number of hydrogen-bond acceptors (Lipinski definition) is 5. The van der Waals surface area contributed by atoms with Crippen LogP contribution in [0.5, 0.6) is 11.5 Å². The van der Waals surface area contributed by atoms with Crippen molar-refractivity contribution in [2.24, 2.45) is 0 Å². The van der Waals surface area contributed by atoms with Gasteiger partial charge in [-0.1, -0.05) is 6.07 Å². The summed E-state index contributed by atoms with van der Waals surface area (Å²) in [4.78, 5) is 12.6. The summed E-state index contributed by atoms with van der Waals surface area (Å²) in [5.41, 5.74) is 2.79. The van der Waals surface area contributed by atoms with Gasteiger partial charge in [0.1, 0.15) is 11.8 Å². The van der Waals surface area contributed by atoms with E-state index in [1.165, 1.54) is 4.68 Å². The van der Waals surface area contributed by atoms with Crippen molar-refractivity contribution in [1.29, 1.82) is 0 Å². The van der Waals surface area contributed by atoms with Crippen molar-refractivity contribution in [3.05, 3.63) is 58.8 Å². The average molecular weight is 309 g/mol. The maximum Gasteiger partial charge on any atom is 0.291 e. The quantitative estimate of drug-likeness (QED) is 0.566. The van der Waals surface area contributed by atoms with Crippen molar-refractivity contribution in [2.75, 3.05) is 6.79 Å². The molecule has 0 unspecified atom stereocenters. The van der Waals surface area contributed by atoms with Gasteiger partial charge in [-0.25, -0.2) is 4.68 Å². The van der Waals surface area contributed by atoms with E-state index in [9.17, 15) is 4.79 Å². The van der Waals surface area contributed by atoms with E-state index in [1.54, 1.807) is 23.1 Å². The fourth-order valence-electron chi connectivity index (χ4n) is 2.86. The molecule has 0 radical (unpaired) electrons. The summed E-state index contributed by atoms with van der Waals surface area (Å²) in [6.45, 7) is 0.588. The molecule has 5 rings (SSSR count). The third-order valence-corrected chi connectivity index (χ3v) is 3.99. The Kier molecular flexibility index (Phi) is 2.35. The number of furan rings is 1. The molecule has 0 fully saturated rings. The highest BCUT2D eigenvalue weighted by atomic mass is 16.7. The highest BCUT2D eigenvalue weighted by Gasteiger charge is 2.15. The van der Waals surface area contributed by atoms with Gasteiger partial charge < -0.3 is 13.9 Å². The lowest BCUT2D eigenvalue weighted by atomic mass is 10.2. The van der Waals surface area contributed by atoms with E-state index in [2.05, 4.69) is 5.10 Å². The van der Waals surface area contributed by atoms with Crippen molar-refractivity contribution >= 4 is 16.6 Å². The van der Waals surface area contributed by atoms with E-state index in [4.69, 9.17) is 13.9 Å². The number of rotatable bonds is 2. The molecule has 0 saturated carbocycles. The fraction of sp³-hybridized carbons (Fsp3) is 0.125. The largest absolute Gasteiger partial charge is 0.463 e. The minimum atomic E-state index is -0.170. The van der Waals surface area contributed by atoms with Crippen LogP contribution in [0.15, 0.2) is 52.1 Å². The van der Waals surface area contributed by atoms with Gasteiger partial charge in [0, 0.05) is 12.1 Å². The molecule has 4 aromatic rings. The molecule has 1 aromatic carbocycles. The molecule has 1 aliphatic heterocycles. The molecule has 0 bridgehead atoms. The summed E-state index contributed by atoms with van der Waals surface area (Å²) in [7, 11) is 0. The Morgan fingerprint density at radius 3 is 2.96 bits per heavy atom. The first-order valence-corrected chi connectivity index (χ1v) is 7.12. The Bertz CT molecular complexity index is 1110. The first kappa shape index (κ1) is 12.3. The highest BCUT2D eigenvalue weighted by Crippen LogP contribution is 2.32. The first-order chi connectivity index (χ1) is 11.3. The Hall–Kier alpha value is -3.22. The molecule has 1 aliphatic rings. The molecular formula is C16H11N3O4. The number of hydrogen-bond donors (Lipinski definition) is 0. The van der Waals surface area contributed by atoms with Gasteiger partial charge in [0.25, 0.3) is 5.56 Å². The number of aromatic nitrogens is 3. The van der Waals surface area contributed by atoms with E-state index in [-0.39, 0.29) is 12.4 Å². The average Bonchev–Trinajstić information content (AvgIpc) is 3.25. The molecule has 0 atom stereocenters. The second-order valence-corrected chi connectivity index (χ2v) is 5.35. The zero-order valence-electron chi connectivity index (χ0n) is 11.9. The van der Waals surface area contributed by atoms with Crippen LogP contribution in [0.2, 0.25) is 0 Å². The zero-order chi connectivity index (χ0) is 15.4. The molecule has 114 valence electrons. The van der Waals surface area contributed by atoms with Gasteiger partial charge >= 0.3 is 0 Å². The van der Waals surface area contributed by atoms with Crippen LogP contribution in [-0.4, -0.2) is 21.0 Å². The predicted octanol–water partition coefficient (Wildman–Crippen LogP) is 2.02. The summed E-state index contributed by atoms with van der Waals surface area (Å²) in [5.74, 6) is 1.41. The number of benzene rings is 1. The van der Waals surface area contributed by atoms with Crippen LogP contribution >= 0.6 is 0 Å². The Morgan fingerprint density at radius 1 is 1.09 bits per heavy atom. The van der Waals surface area contributed by atoms with Gasteiger partial charge in [-0.15, -0.1) is 0 Å². The Balaban J connectivity index is 1.60. The SMILES string of the molecule is O=c1c2cc3occc3n2cnn1Cc1ccc2c(c1)OCO2. The van der Waals surface area contributed by atoms with Crippen LogP contribution in [0.3, 0.4) is 0 Å². The molecular weight excluding hydrogens is 298 g/mol. The van der Waals surface area contributed by atoms with Crippen molar-refractivity contribution in [2.45, 2.75) is 6.54 Å². The van der Waals surface area contributed by atoms with Crippen LogP contribution in [0.4, 0.5) is 0 Å². The number of nitrogens with zero attached hydrogens (tertiary/aromatic N) is 3. The number of ether oxygens (including phenoxy) is 2. The Labute approximate surface area is 129 Å². The van der Waals surface area contributed by atoms with Crippen LogP contribution in [0.25, 0.3) is 16.6 Å². The minimum Gasteiger partial charge on any atom is -0.463 e. The molecule has 0 aliphatic carbocycles. The second kappa shape index (κ2) is 4.39. The summed E-state index contributed by atoms with van der Waals surface area (Å²) in [6.07, 6.45) is 3.22. The molecule has 0 amide bonds. The predicted molar refractivity (Wildman–Crippen MR) is 80.9 cm³/mol. The first-order valence-electron chi connectivity index (χ1n) is 7.12. The van der Waals surface area contributed by atoms with E-state index in [0.29, 0.717) is 23.4 Å². The second-order valence-electron chi connectivity index (χ2n) is 5.35.